The number of amides is 1. The molecule has 1 saturated carbocycles. The standard InChI is InChI=1S/C14H15NO3/c16-12(14(13(17)18)7-3-8-14)15-9-6-10-4-1-2-5-11(10)15/h1-2,4-5H,3,6-9H2,(H,17,18). The van der Waals surface area contributed by atoms with Gasteiger partial charge in [0.1, 0.15) is 5.41 Å². The van der Waals surface area contributed by atoms with E-state index in [2.05, 4.69) is 0 Å². The summed E-state index contributed by atoms with van der Waals surface area (Å²) in [6, 6.07) is 7.73. The van der Waals surface area contributed by atoms with Crippen LogP contribution < -0.4 is 4.90 Å². The van der Waals surface area contributed by atoms with E-state index in [4.69, 9.17) is 0 Å². The molecule has 0 radical (unpaired) electrons. The molecule has 18 heavy (non-hydrogen) atoms. The molecule has 4 heteroatoms. The molecular weight excluding hydrogens is 230 g/mol. The summed E-state index contributed by atoms with van der Waals surface area (Å²) in [4.78, 5) is 25.5. The maximum atomic E-state index is 12.5. The number of aliphatic carboxylic acids is 1. The molecule has 3 rings (SSSR count). The van der Waals surface area contributed by atoms with Crippen molar-refractivity contribution in [3.63, 3.8) is 0 Å². The van der Waals surface area contributed by atoms with E-state index in [1.54, 1.807) is 4.90 Å². The lowest BCUT2D eigenvalue weighted by Gasteiger charge is -2.38. The number of hydrogen-bond acceptors (Lipinski definition) is 2. The van der Waals surface area contributed by atoms with Gasteiger partial charge in [0.25, 0.3) is 0 Å². The van der Waals surface area contributed by atoms with Crippen LogP contribution >= 0.6 is 0 Å². The van der Waals surface area contributed by atoms with Crippen LogP contribution in [-0.4, -0.2) is 23.5 Å². The number of rotatable bonds is 2. The number of benzene rings is 1. The lowest BCUT2D eigenvalue weighted by Crippen LogP contribution is -2.52. The van der Waals surface area contributed by atoms with E-state index in [0.717, 1.165) is 24.1 Å². The molecule has 0 atom stereocenters. The highest BCUT2D eigenvalue weighted by Gasteiger charge is 2.53. The first-order valence-electron chi connectivity index (χ1n) is 6.28. The summed E-state index contributed by atoms with van der Waals surface area (Å²) in [5.74, 6) is -1.20. The first-order valence-corrected chi connectivity index (χ1v) is 6.28. The van der Waals surface area contributed by atoms with Gasteiger partial charge in [-0.1, -0.05) is 24.6 Å². The Morgan fingerprint density at radius 1 is 1.22 bits per heavy atom. The quantitative estimate of drug-likeness (QED) is 0.809. The molecule has 1 fully saturated rings. The smallest absolute Gasteiger partial charge is 0.319 e. The summed E-state index contributed by atoms with van der Waals surface area (Å²) in [7, 11) is 0. The Balaban J connectivity index is 1.93. The third kappa shape index (κ3) is 1.38. The third-order valence-corrected chi connectivity index (χ3v) is 4.16. The maximum Gasteiger partial charge on any atom is 0.319 e. The average Bonchev–Trinajstić information content (AvgIpc) is 2.70. The molecule has 1 aliphatic carbocycles. The molecule has 94 valence electrons. The number of para-hydroxylation sites is 1. The van der Waals surface area contributed by atoms with E-state index in [1.807, 2.05) is 24.3 Å². The Hall–Kier alpha value is -1.84. The lowest BCUT2D eigenvalue weighted by atomic mass is 9.67. The van der Waals surface area contributed by atoms with Gasteiger partial charge in [-0.3, -0.25) is 9.59 Å². The Kier molecular flexibility index (Phi) is 2.40. The molecule has 1 N–H and O–H groups in total. The monoisotopic (exact) mass is 245 g/mol. The Morgan fingerprint density at radius 3 is 2.56 bits per heavy atom. The minimum atomic E-state index is -1.16. The van der Waals surface area contributed by atoms with Gasteiger partial charge >= 0.3 is 5.97 Å². The highest BCUT2D eigenvalue weighted by molar-refractivity contribution is 6.11. The number of carbonyl (C=O) groups is 2. The first kappa shape index (κ1) is 11.3. The fourth-order valence-corrected chi connectivity index (χ4v) is 2.86. The molecule has 1 aromatic carbocycles. The Bertz CT molecular complexity index is 520. The predicted octanol–water partition coefficient (Wildman–Crippen LogP) is 1.83. The highest BCUT2D eigenvalue weighted by atomic mass is 16.4. The number of carbonyl (C=O) groups excluding carboxylic acids is 1. The summed E-state index contributed by atoms with van der Waals surface area (Å²) in [6.45, 7) is 0.604. The van der Waals surface area contributed by atoms with Crippen LogP contribution in [0, 0.1) is 5.41 Å². The zero-order chi connectivity index (χ0) is 12.8. The Morgan fingerprint density at radius 2 is 1.94 bits per heavy atom. The zero-order valence-electron chi connectivity index (χ0n) is 10.1. The molecule has 2 aliphatic rings. The predicted molar refractivity (Wildman–Crippen MR) is 66.4 cm³/mol. The Labute approximate surface area is 105 Å². The fraction of sp³-hybridized carbons (Fsp3) is 0.429. The normalized spacial score (nSPS) is 20.1. The SMILES string of the molecule is O=C(O)C1(C(=O)N2CCc3ccccc32)CCC1. The molecule has 0 spiro atoms. The van der Waals surface area contributed by atoms with Gasteiger partial charge in [-0.2, -0.15) is 0 Å². The van der Waals surface area contributed by atoms with Crippen molar-refractivity contribution in [1.82, 2.24) is 0 Å². The van der Waals surface area contributed by atoms with Crippen molar-refractivity contribution >= 4 is 17.6 Å². The van der Waals surface area contributed by atoms with E-state index >= 15 is 0 Å². The van der Waals surface area contributed by atoms with Crippen LogP contribution in [0.25, 0.3) is 0 Å². The van der Waals surface area contributed by atoms with Crippen LogP contribution in [-0.2, 0) is 16.0 Å². The average molecular weight is 245 g/mol. The van der Waals surface area contributed by atoms with Crippen molar-refractivity contribution in [2.45, 2.75) is 25.7 Å². The third-order valence-electron chi connectivity index (χ3n) is 4.16. The van der Waals surface area contributed by atoms with Crippen LogP contribution in [0.5, 0.6) is 0 Å². The van der Waals surface area contributed by atoms with Crippen molar-refractivity contribution < 1.29 is 14.7 Å². The molecule has 1 aliphatic heterocycles. The minimum absolute atomic E-state index is 0.230. The molecule has 4 nitrogen and oxygen atoms in total. The molecular formula is C14H15NO3. The van der Waals surface area contributed by atoms with Gasteiger partial charge in [0, 0.05) is 12.2 Å². The van der Waals surface area contributed by atoms with Gasteiger partial charge in [0.05, 0.1) is 0 Å². The van der Waals surface area contributed by atoms with Crippen molar-refractivity contribution in [3.05, 3.63) is 29.8 Å². The lowest BCUT2D eigenvalue weighted by molar-refractivity contribution is -0.160. The molecule has 1 heterocycles. The second-order valence-electron chi connectivity index (χ2n) is 5.08. The molecule has 0 saturated heterocycles. The van der Waals surface area contributed by atoms with Gasteiger partial charge in [-0.15, -0.1) is 0 Å². The van der Waals surface area contributed by atoms with E-state index in [9.17, 15) is 14.7 Å². The number of hydrogen-bond donors (Lipinski definition) is 1. The van der Waals surface area contributed by atoms with E-state index < -0.39 is 11.4 Å². The van der Waals surface area contributed by atoms with Gasteiger partial charge in [-0.25, -0.2) is 0 Å². The number of fused-ring (bicyclic) bond motifs is 1. The molecule has 0 unspecified atom stereocenters. The summed E-state index contributed by atoms with van der Waals surface area (Å²) >= 11 is 0. The van der Waals surface area contributed by atoms with Gasteiger partial charge < -0.3 is 10.0 Å². The van der Waals surface area contributed by atoms with Gasteiger partial charge in [0.2, 0.25) is 5.91 Å². The number of anilines is 1. The fourth-order valence-electron chi connectivity index (χ4n) is 2.86. The van der Waals surface area contributed by atoms with Gasteiger partial charge in [0.15, 0.2) is 0 Å². The topological polar surface area (TPSA) is 57.6 Å². The summed E-state index contributed by atoms with van der Waals surface area (Å²) in [5.41, 5.74) is 0.859. The van der Waals surface area contributed by atoms with Crippen LogP contribution in [0.1, 0.15) is 24.8 Å². The minimum Gasteiger partial charge on any atom is -0.480 e. The van der Waals surface area contributed by atoms with Crippen molar-refractivity contribution in [2.75, 3.05) is 11.4 Å². The summed E-state index contributed by atoms with van der Waals surface area (Å²) in [6.07, 6.45) is 2.59. The molecule has 1 amide bonds. The van der Waals surface area contributed by atoms with E-state index in [0.29, 0.717) is 19.4 Å². The van der Waals surface area contributed by atoms with Crippen LogP contribution in [0.3, 0.4) is 0 Å². The van der Waals surface area contributed by atoms with Crippen molar-refractivity contribution in [3.8, 4) is 0 Å². The van der Waals surface area contributed by atoms with Gasteiger partial charge in [-0.05, 0) is 30.9 Å². The van der Waals surface area contributed by atoms with Crippen LogP contribution in [0.4, 0.5) is 5.69 Å². The zero-order valence-corrected chi connectivity index (χ0v) is 10.1. The number of carboxylic acids is 1. The van der Waals surface area contributed by atoms with Crippen molar-refractivity contribution in [2.24, 2.45) is 5.41 Å². The van der Waals surface area contributed by atoms with E-state index in [1.165, 1.54) is 0 Å². The van der Waals surface area contributed by atoms with Crippen molar-refractivity contribution in [1.29, 1.82) is 0 Å². The molecule has 0 aromatic heterocycles. The summed E-state index contributed by atoms with van der Waals surface area (Å²) in [5, 5.41) is 9.31. The molecule has 1 aromatic rings. The number of nitrogens with zero attached hydrogens (tertiary/aromatic N) is 1. The second kappa shape index (κ2) is 3.83. The first-order chi connectivity index (χ1) is 8.65. The van der Waals surface area contributed by atoms with E-state index in [-0.39, 0.29) is 5.91 Å². The highest BCUT2D eigenvalue weighted by Crippen LogP contribution is 2.44. The summed E-state index contributed by atoms with van der Waals surface area (Å²) < 4.78 is 0. The van der Waals surface area contributed by atoms with Crippen LogP contribution in [0.2, 0.25) is 0 Å². The largest absolute Gasteiger partial charge is 0.480 e. The maximum absolute atomic E-state index is 12.5. The van der Waals surface area contributed by atoms with Crippen LogP contribution in [0.15, 0.2) is 24.3 Å². The second-order valence-corrected chi connectivity index (χ2v) is 5.08. The number of carboxylic acid groups (broad SMARTS) is 1. The molecule has 0 bridgehead atoms.